The van der Waals surface area contributed by atoms with Crippen molar-refractivity contribution >= 4 is 16.0 Å². The van der Waals surface area contributed by atoms with Crippen molar-refractivity contribution in [3.05, 3.63) is 35.5 Å². The van der Waals surface area contributed by atoms with Crippen molar-refractivity contribution in [1.82, 2.24) is 9.71 Å². The van der Waals surface area contributed by atoms with Crippen molar-refractivity contribution in [3.8, 4) is 11.5 Å². The van der Waals surface area contributed by atoms with Crippen molar-refractivity contribution in [3.63, 3.8) is 0 Å². The molecule has 1 heterocycles. The fourth-order valence-electron chi connectivity index (χ4n) is 1.98. The molecular weight excluding hydrogens is 340 g/mol. The molecule has 0 bridgehead atoms. The summed E-state index contributed by atoms with van der Waals surface area (Å²) in [6, 6.07) is 2.17. The van der Waals surface area contributed by atoms with Crippen molar-refractivity contribution in [2.45, 2.75) is 18.4 Å². The maximum absolute atomic E-state index is 12.4. The van der Waals surface area contributed by atoms with E-state index in [1.807, 2.05) is 0 Å². The molecule has 0 radical (unpaired) electrons. The van der Waals surface area contributed by atoms with E-state index in [2.05, 4.69) is 9.71 Å². The number of aromatic nitrogens is 1. The lowest BCUT2D eigenvalue weighted by Gasteiger charge is -2.13. The van der Waals surface area contributed by atoms with Gasteiger partial charge in [-0.2, -0.15) is 0 Å². The summed E-state index contributed by atoms with van der Waals surface area (Å²) in [5, 5.41) is 9.24. The number of oxazole rings is 1. The molecule has 0 unspecified atom stereocenters. The smallest absolute Gasteiger partial charge is 0.339 e. The number of carboxylic acid groups (broad SMARTS) is 1. The number of carboxylic acids is 1. The molecule has 24 heavy (non-hydrogen) atoms. The van der Waals surface area contributed by atoms with Crippen LogP contribution < -0.4 is 14.2 Å². The van der Waals surface area contributed by atoms with Crippen LogP contribution in [0.1, 0.15) is 22.0 Å². The van der Waals surface area contributed by atoms with Gasteiger partial charge >= 0.3 is 5.97 Å². The van der Waals surface area contributed by atoms with Gasteiger partial charge in [-0.25, -0.2) is 22.9 Å². The molecule has 2 aromatic rings. The first-order valence-electron chi connectivity index (χ1n) is 6.68. The molecule has 0 amide bonds. The summed E-state index contributed by atoms with van der Waals surface area (Å²) in [6.45, 7) is 1.51. The summed E-state index contributed by atoms with van der Waals surface area (Å²) in [7, 11) is -1.47. The van der Waals surface area contributed by atoms with Gasteiger partial charge in [-0.05, 0) is 13.0 Å². The van der Waals surface area contributed by atoms with Gasteiger partial charge in [0.2, 0.25) is 15.9 Å². The highest BCUT2D eigenvalue weighted by Gasteiger charge is 2.24. The molecular formula is C14H16N2O7S. The van der Waals surface area contributed by atoms with Crippen LogP contribution in [0.4, 0.5) is 0 Å². The molecule has 0 aliphatic carbocycles. The standard InChI is InChI=1S/C14H16N2O7S/c1-8-6-15-12(23-8)7-16-24(19,20)9-4-10(14(17)18)13(22-3)11(5-9)21-2/h4-6,16H,7H2,1-3H3,(H,17,18). The Balaban J connectivity index is 2.38. The molecule has 0 fully saturated rings. The third-order valence-electron chi connectivity index (χ3n) is 3.08. The number of aromatic carboxylic acids is 1. The molecule has 0 saturated heterocycles. The molecule has 1 aromatic carbocycles. The number of aryl methyl sites for hydroxylation is 1. The molecule has 2 rings (SSSR count). The second-order valence-electron chi connectivity index (χ2n) is 4.70. The van der Waals surface area contributed by atoms with Crippen LogP contribution >= 0.6 is 0 Å². The molecule has 0 atom stereocenters. The van der Waals surface area contributed by atoms with Crippen LogP contribution in [-0.2, 0) is 16.6 Å². The molecule has 0 aliphatic heterocycles. The lowest BCUT2D eigenvalue weighted by atomic mass is 10.2. The quantitative estimate of drug-likeness (QED) is 0.757. The van der Waals surface area contributed by atoms with Crippen LogP contribution in [0.25, 0.3) is 0 Å². The largest absolute Gasteiger partial charge is 0.493 e. The lowest BCUT2D eigenvalue weighted by Crippen LogP contribution is -2.24. The number of benzene rings is 1. The van der Waals surface area contributed by atoms with Gasteiger partial charge in [0.15, 0.2) is 11.5 Å². The number of carbonyl (C=O) groups is 1. The highest BCUT2D eigenvalue weighted by molar-refractivity contribution is 7.89. The van der Waals surface area contributed by atoms with Gasteiger partial charge in [-0.15, -0.1) is 0 Å². The molecule has 0 saturated carbocycles. The number of ether oxygens (including phenoxy) is 2. The van der Waals surface area contributed by atoms with E-state index < -0.39 is 16.0 Å². The van der Waals surface area contributed by atoms with E-state index in [9.17, 15) is 18.3 Å². The average Bonchev–Trinajstić information content (AvgIpc) is 2.97. The Labute approximate surface area is 138 Å². The molecule has 2 N–H and O–H groups in total. The number of methoxy groups -OCH3 is 2. The topological polar surface area (TPSA) is 128 Å². The molecule has 10 heteroatoms. The monoisotopic (exact) mass is 356 g/mol. The van der Waals surface area contributed by atoms with Crippen molar-refractivity contribution in [2.75, 3.05) is 14.2 Å². The van der Waals surface area contributed by atoms with E-state index >= 15 is 0 Å². The predicted molar refractivity (Wildman–Crippen MR) is 81.8 cm³/mol. The van der Waals surface area contributed by atoms with Gasteiger partial charge in [0, 0.05) is 6.07 Å². The minimum atomic E-state index is -4.01. The fourth-order valence-corrected chi connectivity index (χ4v) is 2.99. The number of hydrogen-bond acceptors (Lipinski definition) is 7. The second kappa shape index (κ2) is 6.89. The highest BCUT2D eigenvalue weighted by Crippen LogP contribution is 2.34. The predicted octanol–water partition coefficient (Wildman–Crippen LogP) is 1.18. The second-order valence-corrected chi connectivity index (χ2v) is 6.47. The average molecular weight is 356 g/mol. The number of hydrogen-bond donors (Lipinski definition) is 2. The maximum Gasteiger partial charge on any atom is 0.339 e. The Morgan fingerprint density at radius 1 is 1.33 bits per heavy atom. The normalized spacial score (nSPS) is 11.3. The summed E-state index contributed by atoms with van der Waals surface area (Å²) >= 11 is 0. The van der Waals surface area contributed by atoms with Crippen LogP contribution in [0, 0.1) is 6.92 Å². The minimum Gasteiger partial charge on any atom is -0.493 e. The fraction of sp³-hybridized carbons (Fsp3) is 0.286. The number of nitrogens with one attached hydrogen (secondary N) is 1. The molecule has 1 aromatic heterocycles. The first-order valence-corrected chi connectivity index (χ1v) is 8.17. The Morgan fingerprint density at radius 3 is 2.54 bits per heavy atom. The zero-order valence-electron chi connectivity index (χ0n) is 13.2. The van der Waals surface area contributed by atoms with Crippen LogP contribution in [0.3, 0.4) is 0 Å². The van der Waals surface area contributed by atoms with Crippen LogP contribution in [0.2, 0.25) is 0 Å². The zero-order chi connectivity index (χ0) is 17.9. The Morgan fingerprint density at radius 2 is 2.04 bits per heavy atom. The number of nitrogens with zero attached hydrogens (tertiary/aromatic N) is 1. The van der Waals surface area contributed by atoms with Gasteiger partial charge in [0.05, 0.1) is 31.9 Å². The van der Waals surface area contributed by atoms with Gasteiger partial charge in [0.25, 0.3) is 0 Å². The Kier molecular flexibility index (Phi) is 5.10. The van der Waals surface area contributed by atoms with Crippen LogP contribution in [0.5, 0.6) is 11.5 Å². The van der Waals surface area contributed by atoms with Crippen molar-refractivity contribution < 1.29 is 32.2 Å². The van der Waals surface area contributed by atoms with Gasteiger partial charge < -0.3 is 19.0 Å². The summed E-state index contributed by atoms with van der Waals surface area (Å²) in [6.07, 6.45) is 1.46. The van der Waals surface area contributed by atoms with Gasteiger partial charge in [-0.3, -0.25) is 0 Å². The SMILES string of the molecule is COc1cc(S(=O)(=O)NCc2ncc(C)o2)cc(C(=O)O)c1OC. The summed E-state index contributed by atoms with van der Waals surface area (Å²) in [4.78, 5) is 14.9. The number of rotatable bonds is 7. The summed E-state index contributed by atoms with van der Waals surface area (Å²) < 4.78 is 42.2. The van der Waals surface area contributed by atoms with Crippen molar-refractivity contribution in [1.29, 1.82) is 0 Å². The molecule has 0 aliphatic rings. The van der Waals surface area contributed by atoms with E-state index in [4.69, 9.17) is 13.9 Å². The van der Waals surface area contributed by atoms with Crippen LogP contribution in [0.15, 0.2) is 27.6 Å². The number of sulfonamides is 1. The van der Waals surface area contributed by atoms with Gasteiger partial charge in [0.1, 0.15) is 11.3 Å². The van der Waals surface area contributed by atoms with E-state index in [-0.39, 0.29) is 34.4 Å². The van der Waals surface area contributed by atoms with E-state index in [1.54, 1.807) is 6.92 Å². The summed E-state index contributed by atoms with van der Waals surface area (Å²) in [5.74, 6) is -0.680. The van der Waals surface area contributed by atoms with Crippen LogP contribution in [-0.4, -0.2) is 38.7 Å². The van der Waals surface area contributed by atoms with E-state index in [1.165, 1.54) is 26.5 Å². The maximum atomic E-state index is 12.4. The molecule has 130 valence electrons. The first-order chi connectivity index (χ1) is 11.3. The molecule has 0 spiro atoms. The summed E-state index contributed by atoms with van der Waals surface area (Å²) in [5.41, 5.74) is -0.329. The third-order valence-corrected chi connectivity index (χ3v) is 4.46. The lowest BCUT2D eigenvalue weighted by molar-refractivity contribution is 0.0692. The Bertz CT molecular complexity index is 858. The van der Waals surface area contributed by atoms with E-state index in [0.29, 0.717) is 5.76 Å². The first kappa shape index (κ1) is 17.8. The highest BCUT2D eigenvalue weighted by atomic mass is 32.2. The zero-order valence-corrected chi connectivity index (χ0v) is 14.0. The van der Waals surface area contributed by atoms with Crippen molar-refractivity contribution in [2.24, 2.45) is 0 Å². The van der Waals surface area contributed by atoms with E-state index in [0.717, 1.165) is 6.07 Å². The van der Waals surface area contributed by atoms with Gasteiger partial charge in [-0.1, -0.05) is 0 Å². The Hall–Kier alpha value is -2.59. The minimum absolute atomic E-state index is 0.00950. The molecule has 9 nitrogen and oxygen atoms in total. The third kappa shape index (κ3) is 3.66.